The zero-order valence-corrected chi connectivity index (χ0v) is 44.6. The van der Waals surface area contributed by atoms with Crippen LogP contribution in [0.15, 0.2) is 36.5 Å². The van der Waals surface area contributed by atoms with Crippen LogP contribution in [0.1, 0.15) is 264 Å². The number of phosphoric acid groups is 1. The van der Waals surface area contributed by atoms with E-state index in [0.29, 0.717) is 17.4 Å². The number of aliphatic hydroxyl groups excluding tert-OH is 1. The average molecular weight is 938 g/mol. The lowest BCUT2D eigenvalue weighted by molar-refractivity contribution is -0.870. The molecule has 9 heteroatoms. The molecular formula is C56H110N2O6P+. The molecule has 0 spiro atoms. The number of rotatable bonds is 51. The lowest BCUT2D eigenvalue weighted by Gasteiger charge is -2.25. The minimum absolute atomic E-state index is 0.0570. The smallest absolute Gasteiger partial charge is 0.387 e. The van der Waals surface area contributed by atoms with Gasteiger partial charge in [-0.15, -0.1) is 0 Å². The first-order valence-electron chi connectivity index (χ1n) is 27.9. The van der Waals surface area contributed by atoms with Gasteiger partial charge in [0.05, 0.1) is 39.9 Å². The lowest BCUT2D eigenvalue weighted by Crippen LogP contribution is -2.45. The summed E-state index contributed by atoms with van der Waals surface area (Å²) >= 11 is 0. The Morgan fingerprint density at radius 2 is 0.846 bits per heavy atom. The standard InChI is InChI=1S/C56H109N2O6P/c1-6-8-10-12-14-16-18-20-22-24-26-27-28-29-30-31-32-34-36-38-40-42-44-46-48-50-56(60)57-54(53-64-65(61,62)63-52-51-58(3,4)5)55(59)49-47-45-43-41-39-37-35-33-25-23-21-19-17-15-13-11-9-7-2/h24,26,39,41,47,49,54-55,59H,6-23,25,27-38,40,42-46,48,50-53H2,1-5H3,(H-,57,60,61,62)/p+1/b26-24-,41-39+,49-47+. The van der Waals surface area contributed by atoms with Crippen molar-refractivity contribution >= 4 is 13.7 Å². The molecule has 0 saturated carbocycles. The van der Waals surface area contributed by atoms with Crippen LogP contribution in [-0.2, 0) is 18.4 Å². The highest BCUT2D eigenvalue weighted by atomic mass is 31.2. The second-order valence-corrected chi connectivity index (χ2v) is 21.8. The van der Waals surface area contributed by atoms with Gasteiger partial charge in [-0.2, -0.15) is 0 Å². The molecule has 3 atom stereocenters. The molecular weight excluding hydrogens is 828 g/mol. The van der Waals surface area contributed by atoms with Crippen LogP contribution >= 0.6 is 7.82 Å². The van der Waals surface area contributed by atoms with Gasteiger partial charge in [-0.3, -0.25) is 13.8 Å². The first-order valence-corrected chi connectivity index (χ1v) is 29.4. The number of aliphatic hydroxyl groups is 1. The topological polar surface area (TPSA) is 105 Å². The van der Waals surface area contributed by atoms with E-state index in [1.807, 2.05) is 27.2 Å². The van der Waals surface area contributed by atoms with Crippen molar-refractivity contribution < 1.29 is 32.9 Å². The van der Waals surface area contributed by atoms with E-state index in [9.17, 15) is 19.4 Å². The maximum Gasteiger partial charge on any atom is 0.472 e. The lowest BCUT2D eigenvalue weighted by atomic mass is 10.0. The minimum atomic E-state index is -4.35. The van der Waals surface area contributed by atoms with Crippen molar-refractivity contribution in [3.63, 3.8) is 0 Å². The number of hydrogen-bond acceptors (Lipinski definition) is 5. The summed E-state index contributed by atoms with van der Waals surface area (Å²) in [5.41, 5.74) is 0. The molecule has 0 fully saturated rings. The number of amides is 1. The molecule has 0 saturated heterocycles. The fraction of sp³-hybridized carbons (Fsp3) is 0.875. The van der Waals surface area contributed by atoms with Crippen LogP contribution < -0.4 is 5.32 Å². The number of carbonyl (C=O) groups is 1. The second-order valence-electron chi connectivity index (χ2n) is 20.3. The van der Waals surface area contributed by atoms with E-state index in [1.165, 1.54) is 205 Å². The molecule has 65 heavy (non-hydrogen) atoms. The third-order valence-corrected chi connectivity index (χ3v) is 13.6. The molecule has 0 aliphatic rings. The van der Waals surface area contributed by atoms with Gasteiger partial charge in [0.1, 0.15) is 13.2 Å². The summed E-state index contributed by atoms with van der Waals surface area (Å²) in [6.07, 6.45) is 61.0. The van der Waals surface area contributed by atoms with Gasteiger partial charge in [-0.05, 0) is 57.8 Å². The molecule has 1 amide bonds. The zero-order chi connectivity index (χ0) is 47.8. The molecule has 3 N–H and O–H groups in total. The summed E-state index contributed by atoms with van der Waals surface area (Å²) in [5.74, 6) is -0.184. The molecule has 0 aromatic rings. The first-order chi connectivity index (χ1) is 31.5. The molecule has 0 aromatic carbocycles. The highest BCUT2D eigenvalue weighted by molar-refractivity contribution is 7.47. The average Bonchev–Trinajstić information content (AvgIpc) is 3.26. The maximum absolute atomic E-state index is 13.0. The zero-order valence-electron chi connectivity index (χ0n) is 43.7. The molecule has 0 aliphatic heterocycles. The van der Waals surface area contributed by atoms with E-state index in [4.69, 9.17) is 9.05 Å². The van der Waals surface area contributed by atoms with E-state index in [1.54, 1.807) is 6.08 Å². The van der Waals surface area contributed by atoms with Crippen molar-refractivity contribution in [1.29, 1.82) is 0 Å². The number of carbonyl (C=O) groups excluding carboxylic acids is 1. The molecule has 384 valence electrons. The van der Waals surface area contributed by atoms with Crippen LogP contribution in [0.5, 0.6) is 0 Å². The first kappa shape index (κ1) is 63.7. The number of hydrogen-bond donors (Lipinski definition) is 3. The highest BCUT2D eigenvalue weighted by Gasteiger charge is 2.27. The Bertz CT molecular complexity index is 1150. The van der Waals surface area contributed by atoms with Crippen molar-refractivity contribution in [1.82, 2.24) is 5.32 Å². The van der Waals surface area contributed by atoms with Gasteiger partial charge >= 0.3 is 7.82 Å². The van der Waals surface area contributed by atoms with Gasteiger partial charge in [0.15, 0.2) is 0 Å². The second kappa shape index (κ2) is 47.8. The van der Waals surface area contributed by atoms with Gasteiger partial charge in [0.2, 0.25) is 5.91 Å². The monoisotopic (exact) mass is 938 g/mol. The summed E-state index contributed by atoms with van der Waals surface area (Å²) in [7, 11) is 1.56. The van der Waals surface area contributed by atoms with Crippen molar-refractivity contribution in [2.24, 2.45) is 0 Å². The predicted molar refractivity (Wildman–Crippen MR) is 281 cm³/mol. The number of unbranched alkanes of at least 4 members (excludes halogenated alkanes) is 34. The van der Waals surface area contributed by atoms with Crippen LogP contribution in [0.3, 0.4) is 0 Å². The fourth-order valence-corrected chi connectivity index (χ4v) is 8.91. The maximum atomic E-state index is 13.0. The van der Waals surface area contributed by atoms with Crippen LogP contribution in [0.25, 0.3) is 0 Å². The SMILES string of the molecule is CCCCCCCCCC/C=C\CCCCCCCCCCCCCCCC(=O)NC(COP(=O)(O)OCC[N+](C)(C)C)C(O)/C=C/CC/C=C/CCCCCCCCCCCCCC. The van der Waals surface area contributed by atoms with Crippen molar-refractivity contribution in [2.45, 2.75) is 276 Å². The molecule has 0 heterocycles. The van der Waals surface area contributed by atoms with Crippen LogP contribution in [-0.4, -0.2) is 73.4 Å². The molecule has 0 aliphatic carbocycles. The largest absolute Gasteiger partial charge is 0.472 e. The molecule has 0 radical (unpaired) electrons. The van der Waals surface area contributed by atoms with Gasteiger partial charge in [-0.1, -0.05) is 237 Å². The molecule has 0 bridgehead atoms. The normalized spacial score (nSPS) is 14.3. The van der Waals surface area contributed by atoms with E-state index in [2.05, 4.69) is 43.5 Å². The molecule has 0 rings (SSSR count). The number of allylic oxidation sites excluding steroid dienone is 5. The van der Waals surface area contributed by atoms with Crippen LogP contribution in [0, 0.1) is 0 Å². The third kappa shape index (κ3) is 50.4. The Balaban J connectivity index is 4.24. The van der Waals surface area contributed by atoms with E-state index >= 15 is 0 Å². The van der Waals surface area contributed by atoms with Crippen molar-refractivity contribution in [2.75, 3.05) is 40.9 Å². The summed E-state index contributed by atoms with van der Waals surface area (Å²) in [5, 5.41) is 13.9. The van der Waals surface area contributed by atoms with Gasteiger partial charge < -0.3 is 19.8 Å². The van der Waals surface area contributed by atoms with Crippen molar-refractivity contribution in [3.8, 4) is 0 Å². The van der Waals surface area contributed by atoms with E-state index in [0.717, 1.165) is 38.5 Å². The Morgan fingerprint density at radius 1 is 0.508 bits per heavy atom. The Hall–Kier alpha value is -1.28. The third-order valence-electron chi connectivity index (χ3n) is 12.6. The van der Waals surface area contributed by atoms with Crippen molar-refractivity contribution in [3.05, 3.63) is 36.5 Å². The summed E-state index contributed by atoms with van der Waals surface area (Å²) < 4.78 is 23.7. The number of nitrogens with zero attached hydrogens (tertiary/aromatic N) is 1. The molecule has 0 aromatic heterocycles. The Labute approximate surface area is 404 Å². The number of nitrogens with one attached hydrogen (secondary N) is 1. The van der Waals surface area contributed by atoms with Gasteiger partial charge in [0, 0.05) is 6.42 Å². The number of phosphoric ester groups is 1. The number of quaternary nitrogens is 1. The van der Waals surface area contributed by atoms with Gasteiger partial charge in [-0.25, -0.2) is 4.57 Å². The summed E-state index contributed by atoms with van der Waals surface area (Å²) in [6.45, 7) is 4.82. The Morgan fingerprint density at radius 3 is 1.23 bits per heavy atom. The highest BCUT2D eigenvalue weighted by Crippen LogP contribution is 2.43. The molecule has 8 nitrogen and oxygen atoms in total. The van der Waals surface area contributed by atoms with E-state index < -0.39 is 20.0 Å². The van der Waals surface area contributed by atoms with Crippen LogP contribution in [0.2, 0.25) is 0 Å². The summed E-state index contributed by atoms with van der Waals surface area (Å²) in [6, 6.07) is -0.862. The van der Waals surface area contributed by atoms with Gasteiger partial charge in [0.25, 0.3) is 0 Å². The predicted octanol–water partition coefficient (Wildman–Crippen LogP) is 16.6. The molecule has 3 unspecified atom stereocenters. The summed E-state index contributed by atoms with van der Waals surface area (Å²) in [4.78, 5) is 23.3. The van der Waals surface area contributed by atoms with Crippen LogP contribution in [0.4, 0.5) is 0 Å². The minimum Gasteiger partial charge on any atom is -0.387 e. The quantitative estimate of drug-likeness (QED) is 0.0243. The van der Waals surface area contributed by atoms with E-state index in [-0.39, 0.29) is 19.1 Å². The number of likely N-dealkylation sites (N-methyl/N-ethyl adjacent to an activating group) is 1. The fourth-order valence-electron chi connectivity index (χ4n) is 8.17. The Kier molecular flexibility index (Phi) is 46.8.